The van der Waals surface area contributed by atoms with Gasteiger partial charge in [0.05, 0.1) is 11.7 Å². The second kappa shape index (κ2) is 5.35. The fourth-order valence-electron chi connectivity index (χ4n) is 2.86. The van der Waals surface area contributed by atoms with Gasteiger partial charge in [-0.25, -0.2) is 9.78 Å². The highest BCUT2D eigenvalue weighted by Crippen LogP contribution is 2.33. The molecule has 0 saturated carbocycles. The van der Waals surface area contributed by atoms with Crippen LogP contribution < -0.4 is 0 Å². The summed E-state index contributed by atoms with van der Waals surface area (Å²) in [6, 6.07) is -0.0269. The fourth-order valence-corrected chi connectivity index (χ4v) is 2.86. The van der Waals surface area contributed by atoms with Crippen molar-refractivity contribution < 1.29 is 9.53 Å². The highest BCUT2D eigenvalue weighted by Gasteiger charge is 2.37. The Hall–Kier alpha value is -1.52. The molecule has 0 radical (unpaired) electrons. The van der Waals surface area contributed by atoms with Gasteiger partial charge in [-0.2, -0.15) is 0 Å². The molecule has 0 spiro atoms. The number of carbonyl (C=O) groups is 1. The molecule has 2 heterocycles. The smallest absolute Gasteiger partial charge is 0.410 e. The molecule has 0 fully saturated rings. The first-order chi connectivity index (χ1) is 9.61. The average Bonchev–Trinajstić information content (AvgIpc) is 2.61. The molecule has 0 aromatic carbocycles. The number of aromatic nitrogens is 2. The van der Waals surface area contributed by atoms with Gasteiger partial charge in [-0.3, -0.25) is 4.90 Å². The maximum Gasteiger partial charge on any atom is 0.410 e. The summed E-state index contributed by atoms with van der Waals surface area (Å²) in [5.74, 6) is 1.27. The number of imidazole rings is 1. The van der Waals surface area contributed by atoms with Crippen LogP contribution >= 0.6 is 0 Å². The van der Waals surface area contributed by atoms with Gasteiger partial charge in [0.25, 0.3) is 0 Å². The van der Waals surface area contributed by atoms with Gasteiger partial charge in [-0.05, 0) is 40.5 Å². The SMILES string of the molecule is Cc1nc2n(c1C)CCN(C(=O)OC(C)(C)C)C2C(C)C. The second-order valence-corrected chi connectivity index (χ2v) is 7.16. The van der Waals surface area contributed by atoms with E-state index in [1.54, 1.807) is 0 Å². The summed E-state index contributed by atoms with van der Waals surface area (Å²) in [7, 11) is 0. The number of hydrogen-bond acceptors (Lipinski definition) is 3. The van der Waals surface area contributed by atoms with Crippen molar-refractivity contribution in [1.82, 2.24) is 14.5 Å². The van der Waals surface area contributed by atoms with E-state index in [9.17, 15) is 4.79 Å². The zero-order chi connectivity index (χ0) is 15.9. The van der Waals surface area contributed by atoms with Crippen LogP contribution in [0.5, 0.6) is 0 Å². The molecule has 1 aromatic heterocycles. The summed E-state index contributed by atoms with van der Waals surface area (Å²) < 4.78 is 7.80. The van der Waals surface area contributed by atoms with E-state index in [0.29, 0.717) is 6.54 Å². The zero-order valence-corrected chi connectivity index (χ0v) is 14.2. The van der Waals surface area contributed by atoms with Crippen LogP contribution in [0.15, 0.2) is 0 Å². The van der Waals surface area contributed by atoms with E-state index in [1.165, 1.54) is 5.69 Å². The van der Waals surface area contributed by atoms with Gasteiger partial charge < -0.3 is 9.30 Å². The monoisotopic (exact) mass is 293 g/mol. The lowest BCUT2D eigenvalue weighted by molar-refractivity contribution is 0.00365. The van der Waals surface area contributed by atoms with Crippen molar-refractivity contribution >= 4 is 6.09 Å². The van der Waals surface area contributed by atoms with E-state index in [0.717, 1.165) is 18.1 Å². The Balaban J connectivity index is 2.35. The number of rotatable bonds is 1. The van der Waals surface area contributed by atoms with Crippen molar-refractivity contribution in [3.05, 3.63) is 17.2 Å². The first-order valence-electron chi connectivity index (χ1n) is 7.65. The van der Waals surface area contributed by atoms with Gasteiger partial charge in [-0.1, -0.05) is 13.8 Å². The van der Waals surface area contributed by atoms with Crippen molar-refractivity contribution in [3.8, 4) is 0 Å². The highest BCUT2D eigenvalue weighted by atomic mass is 16.6. The quantitative estimate of drug-likeness (QED) is 0.796. The molecule has 5 nitrogen and oxygen atoms in total. The minimum absolute atomic E-state index is 0.0269. The van der Waals surface area contributed by atoms with E-state index in [4.69, 9.17) is 9.72 Å². The highest BCUT2D eigenvalue weighted by molar-refractivity contribution is 5.69. The molecule has 1 aromatic rings. The Morgan fingerprint density at radius 3 is 2.43 bits per heavy atom. The normalized spacial score (nSPS) is 18.9. The van der Waals surface area contributed by atoms with E-state index in [2.05, 4.69) is 25.3 Å². The Kier molecular flexibility index (Phi) is 4.04. The van der Waals surface area contributed by atoms with Gasteiger partial charge in [0.2, 0.25) is 0 Å². The molecule has 0 aliphatic carbocycles. The third kappa shape index (κ3) is 3.06. The fraction of sp³-hybridized carbons (Fsp3) is 0.750. The first kappa shape index (κ1) is 15.9. The maximum atomic E-state index is 12.5. The number of hydrogen-bond donors (Lipinski definition) is 0. The van der Waals surface area contributed by atoms with Crippen molar-refractivity contribution in [2.75, 3.05) is 6.54 Å². The molecular weight excluding hydrogens is 266 g/mol. The van der Waals surface area contributed by atoms with Crippen LogP contribution in [0.1, 0.15) is 57.9 Å². The Bertz CT molecular complexity index is 540. The van der Waals surface area contributed by atoms with Crippen LogP contribution in [-0.2, 0) is 11.3 Å². The molecule has 1 aliphatic heterocycles. The lowest BCUT2D eigenvalue weighted by Gasteiger charge is -2.39. The zero-order valence-electron chi connectivity index (χ0n) is 14.2. The van der Waals surface area contributed by atoms with E-state index in [1.807, 2.05) is 32.6 Å². The van der Waals surface area contributed by atoms with Crippen LogP contribution in [-0.4, -0.2) is 32.7 Å². The van der Waals surface area contributed by atoms with Crippen LogP contribution in [0.3, 0.4) is 0 Å². The predicted molar refractivity (Wildman–Crippen MR) is 82.2 cm³/mol. The summed E-state index contributed by atoms with van der Waals surface area (Å²) in [6.07, 6.45) is -0.245. The van der Waals surface area contributed by atoms with Crippen LogP contribution in [0.2, 0.25) is 0 Å². The summed E-state index contributed by atoms with van der Waals surface area (Å²) in [4.78, 5) is 19.0. The minimum atomic E-state index is -0.475. The second-order valence-electron chi connectivity index (χ2n) is 7.16. The van der Waals surface area contributed by atoms with Crippen LogP contribution in [0.25, 0.3) is 0 Å². The first-order valence-corrected chi connectivity index (χ1v) is 7.65. The molecule has 5 heteroatoms. The van der Waals surface area contributed by atoms with Crippen molar-refractivity contribution in [2.45, 2.75) is 66.7 Å². The Morgan fingerprint density at radius 1 is 1.29 bits per heavy atom. The summed E-state index contributed by atoms with van der Waals surface area (Å²) in [5, 5.41) is 0. The molecule has 1 unspecified atom stereocenters. The van der Waals surface area contributed by atoms with Crippen molar-refractivity contribution in [2.24, 2.45) is 5.92 Å². The molecule has 21 heavy (non-hydrogen) atoms. The number of fused-ring (bicyclic) bond motifs is 1. The lowest BCUT2D eigenvalue weighted by atomic mass is 10.00. The third-order valence-corrected chi connectivity index (χ3v) is 3.91. The molecule has 0 N–H and O–H groups in total. The molecule has 1 amide bonds. The van der Waals surface area contributed by atoms with E-state index < -0.39 is 5.60 Å². The average molecular weight is 293 g/mol. The predicted octanol–water partition coefficient (Wildman–Crippen LogP) is 3.45. The van der Waals surface area contributed by atoms with Gasteiger partial charge in [0.15, 0.2) is 0 Å². The number of aryl methyl sites for hydroxylation is 1. The summed E-state index contributed by atoms with van der Waals surface area (Å²) in [5.41, 5.74) is 1.76. The lowest BCUT2D eigenvalue weighted by Crippen LogP contribution is -2.46. The number of ether oxygens (including phenoxy) is 1. The van der Waals surface area contributed by atoms with Gasteiger partial charge in [0, 0.05) is 18.8 Å². The molecule has 0 saturated heterocycles. The molecule has 118 valence electrons. The Labute approximate surface area is 127 Å². The van der Waals surface area contributed by atoms with Crippen LogP contribution in [0.4, 0.5) is 4.79 Å². The Morgan fingerprint density at radius 2 is 1.90 bits per heavy atom. The largest absolute Gasteiger partial charge is 0.444 e. The van der Waals surface area contributed by atoms with Gasteiger partial charge in [-0.15, -0.1) is 0 Å². The van der Waals surface area contributed by atoms with E-state index in [-0.39, 0.29) is 18.1 Å². The number of nitrogens with zero attached hydrogens (tertiary/aromatic N) is 3. The van der Waals surface area contributed by atoms with Gasteiger partial charge in [0.1, 0.15) is 11.4 Å². The molecule has 1 atom stereocenters. The van der Waals surface area contributed by atoms with Crippen molar-refractivity contribution in [3.63, 3.8) is 0 Å². The summed E-state index contributed by atoms with van der Waals surface area (Å²) in [6.45, 7) is 15.5. The third-order valence-electron chi connectivity index (χ3n) is 3.91. The van der Waals surface area contributed by atoms with Crippen LogP contribution in [0, 0.1) is 19.8 Å². The molecule has 2 rings (SSSR count). The molecule has 1 aliphatic rings. The van der Waals surface area contributed by atoms with E-state index >= 15 is 0 Å². The summed E-state index contributed by atoms with van der Waals surface area (Å²) >= 11 is 0. The number of carbonyl (C=O) groups excluding carboxylic acids is 1. The molecular formula is C16H27N3O2. The minimum Gasteiger partial charge on any atom is -0.444 e. The van der Waals surface area contributed by atoms with Gasteiger partial charge >= 0.3 is 6.09 Å². The standard InChI is InChI=1S/C16H27N3O2/c1-10(2)13-14-17-11(3)12(4)18(14)8-9-19(13)15(20)21-16(5,6)7/h10,13H,8-9H2,1-7H3. The molecule has 0 bridgehead atoms. The number of amides is 1. The topological polar surface area (TPSA) is 47.4 Å². The maximum absolute atomic E-state index is 12.5. The van der Waals surface area contributed by atoms with Crippen molar-refractivity contribution in [1.29, 1.82) is 0 Å².